The van der Waals surface area contributed by atoms with E-state index < -0.39 is 33.4 Å². The molecular formula is C18H19NO7S2. The van der Waals surface area contributed by atoms with Crippen LogP contribution in [0.5, 0.6) is 0 Å². The van der Waals surface area contributed by atoms with Crippen LogP contribution in [-0.4, -0.2) is 45.7 Å². The summed E-state index contributed by atoms with van der Waals surface area (Å²) in [4.78, 5) is 36.6. The van der Waals surface area contributed by atoms with Gasteiger partial charge in [0.15, 0.2) is 9.84 Å². The molecule has 0 spiro atoms. The Balaban J connectivity index is 2.32. The summed E-state index contributed by atoms with van der Waals surface area (Å²) in [6, 6.07) is 7.53. The van der Waals surface area contributed by atoms with E-state index in [0.29, 0.717) is 0 Å². The fraction of sp³-hybridized carbons (Fsp3) is 0.278. The second kappa shape index (κ2) is 8.98. The van der Waals surface area contributed by atoms with Crippen LogP contribution in [0.1, 0.15) is 32.5 Å². The summed E-state index contributed by atoms with van der Waals surface area (Å²) in [6.07, 6.45) is 0. The largest absolute Gasteiger partial charge is 0.465 e. The van der Waals surface area contributed by atoms with Crippen LogP contribution in [0.15, 0.2) is 35.2 Å². The summed E-state index contributed by atoms with van der Waals surface area (Å²) in [6.45, 7) is 3.23. The lowest BCUT2D eigenvalue weighted by molar-refractivity contribution is -0.113. The Morgan fingerprint density at radius 1 is 1.11 bits per heavy atom. The van der Waals surface area contributed by atoms with Crippen LogP contribution in [0, 0.1) is 6.92 Å². The van der Waals surface area contributed by atoms with Crippen LogP contribution < -0.4 is 5.32 Å². The molecule has 0 bridgehead atoms. The highest BCUT2D eigenvalue weighted by atomic mass is 32.2. The number of amides is 1. The molecule has 28 heavy (non-hydrogen) atoms. The highest BCUT2D eigenvalue weighted by Crippen LogP contribution is 2.34. The molecule has 0 radical (unpaired) electrons. The van der Waals surface area contributed by atoms with Crippen LogP contribution in [0.4, 0.5) is 5.00 Å². The minimum atomic E-state index is -3.86. The molecule has 0 saturated heterocycles. The molecule has 1 heterocycles. The molecule has 1 N–H and O–H groups in total. The number of rotatable bonds is 7. The van der Waals surface area contributed by atoms with Gasteiger partial charge in [0.1, 0.15) is 15.6 Å². The third-order valence-electron chi connectivity index (χ3n) is 3.67. The minimum absolute atomic E-state index is 0.00212. The Morgan fingerprint density at radius 2 is 1.75 bits per heavy atom. The molecular weight excluding hydrogens is 406 g/mol. The Hall–Kier alpha value is -2.72. The summed E-state index contributed by atoms with van der Waals surface area (Å²) in [5.41, 5.74) is 0.286. The van der Waals surface area contributed by atoms with E-state index in [1.165, 1.54) is 26.2 Å². The topological polar surface area (TPSA) is 116 Å². The van der Waals surface area contributed by atoms with E-state index in [2.05, 4.69) is 10.1 Å². The molecule has 10 heteroatoms. The van der Waals surface area contributed by atoms with Crippen LogP contribution in [0.2, 0.25) is 0 Å². The molecule has 0 saturated carbocycles. The third kappa shape index (κ3) is 4.76. The Bertz CT molecular complexity index is 994. The Kier molecular flexibility index (Phi) is 6.92. The van der Waals surface area contributed by atoms with Crippen molar-refractivity contribution < 1.29 is 32.3 Å². The zero-order valence-electron chi connectivity index (χ0n) is 15.5. The van der Waals surface area contributed by atoms with Crippen molar-refractivity contribution in [3.63, 3.8) is 0 Å². The van der Waals surface area contributed by atoms with Gasteiger partial charge >= 0.3 is 11.9 Å². The predicted octanol–water partition coefficient (Wildman–Crippen LogP) is 2.43. The number of thiophene rings is 1. The van der Waals surface area contributed by atoms with Crippen molar-refractivity contribution in [1.29, 1.82) is 0 Å². The normalized spacial score (nSPS) is 11.0. The van der Waals surface area contributed by atoms with Gasteiger partial charge in [-0.3, -0.25) is 4.79 Å². The maximum atomic E-state index is 12.4. The lowest BCUT2D eigenvalue weighted by Gasteiger charge is -2.08. The summed E-state index contributed by atoms with van der Waals surface area (Å²) in [5.74, 6) is -3.06. The minimum Gasteiger partial charge on any atom is -0.465 e. The number of benzene rings is 1. The van der Waals surface area contributed by atoms with Gasteiger partial charge in [-0.2, -0.15) is 0 Å². The average Bonchev–Trinajstić information content (AvgIpc) is 2.97. The first-order valence-electron chi connectivity index (χ1n) is 8.17. The average molecular weight is 425 g/mol. The molecule has 0 aliphatic rings. The number of nitrogens with one attached hydrogen (secondary N) is 1. The van der Waals surface area contributed by atoms with E-state index in [4.69, 9.17) is 4.74 Å². The van der Waals surface area contributed by atoms with Gasteiger partial charge < -0.3 is 14.8 Å². The number of ether oxygens (including phenoxy) is 2. The van der Waals surface area contributed by atoms with Crippen molar-refractivity contribution in [3.05, 3.63) is 46.3 Å². The Labute approximate surface area is 166 Å². The van der Waals surface area contributed by atoms with Gasteiger partial charge in [-0.25, -0.2) is 18.0 Å². The van der Waals surface area contributed by atoms with Gasteiger partial charge in [0.25, 0.3) is 0 Å². The Morgan fingerprint density at radius 3 is 2.32 bits per heavy atom. The molecule has 0 aliphatic carbocycles. The van der Waals surface area contributed by atoms with E-state index in [9.17, 15) is 22.8 Å². The first-order valence-corrected chi connectivity index (χ1v) is 10.6. The molecule has 0 fully saturated rings. The van der Waals surface area contributed by atoms with Gasteiger partial charge in [-0.1, -0.05) is 18.2 Å². The number of carbonyl (C=O) groups is 3. The van der Waals surface area contributed by atoms with Gasteiger partial charge in [-0.05, 0) is 31.5 Å². The van der Waals surface area contributed by atoms with Crippen molar-refractivity contribution in [2.45, 2.75) is 18.7 Å². The fourth-order valence-electron chi connectivity index (χ4n) is 2.38. The lowest BCUT2D eigenvalue weighted by Crippen LogP contribution is -2.23. The van der Waals surface area contributed by atoms with Crippen LogP contribution in [0.3, 0.4) is 0 Å². The molecule has 150 valence electrons. The lowest BCUT2D eigenvalue weighted by atomic mass is 10.1. The molecule has 0 unspecified atom stereocenters. The summed E-state index contributed by atoms with van der Waals surface area (Å²) >= 11 is 0.821. The van der Waals surface area contributed by atoms with Gasteiger partial charge in [0, 0.05) is 0 Å². The van der Waals surface area contributed by atoms with E-state index in [1.807, 2.05) is 0 Å². The van der Waals surface area contributed by atoms with Gasteiger partial charge in [-0.15, -0.1) is 11.3 Å². The number of anilines is 1. The quantitative estimate of drug-likeness (QED) is 0.677. The number of sulfone groups is 1. The van der Waals surface area contributed by atoms with E-state index in [1.54, 1.807) is 25.1 Å². The molecule has 2 aromatic rings. The van der Waals surface area contributed by atoms with Crippen LogP contribution >= 0.6 is 11.3 Å². The number of hydrogen-bond acceptors (Lipinski definition) is 8. The first kappa shape index (κ1) is 21.6. The predicted molar refractivity (Wildman–Crippen MR) is 103 cm³/mol. The fourth-order valence-corrected chi connectivity index (χ4v) is 4.67. The first-order chi connectivity index (χ1) is 13.2. The maximum Gasteiger partial charge on any atom is 0.348 e. The molecule has 2 rings (SSSR count). The van der Waals surface area contributed by atoms with E-state index in [0.717, 1.165) is 11.3 Å². The number of hydrogen-bond donors (Lipinski definition) is 1. The summed E-state index contributed by atoms with van der Waals surface area (Å²) in [5, 5.41) is 2.44. The van der Waals surface area contributed by atoms with Crippen LogP contribution in [0.25, 0.3) is 0 Å². The highest BCUT2D eigenvalue weighted by molar-refractivity contribution is 7.92. The van der Waals surface area contributed by atoms with Crippen molar-refractivity contribution in [2.24, 2.45) is 0 Å². The molecule has 1 aromatic heterocycles. The van der Waals surface area contributed by atoms with Crippen LogP contribution in [-0.2, 0) is 24.1 Å². The van der Waals surface area contributed by atoms with Gasteiger partial charge in [0.05, 0.1) is 24.2 Å². The number of methoxy groups -OCH3 is 1. The zero-order chi connectivity index (χ0) is 20.9. The van der Waals surface area contributed by atoms with Crippen molar-refractivity contribution in [1.82, 2.24) is 0 Å². The van der Waals surface area contributed by atoms with Gasteiger partial charge in [0.2, 0.25) is 5.91 Å². The molecule has 1 amide bonds. The molecule has 0 atom stereocenters. The number of esters is 2. The smallest absolute Gasteiger partial charge is 0.348 e. The second-order valence-electron chi connectivity index (χ2n) is 5.59. The standard InChI is InChI=1S/C18H19NO7S2/c1-4-26-17(21)14-11(2)15(18(22)25-3)27-16(14)19-13(20)10-28(23,24)12-8-6-5-7-9-12/h5-9H,4,10H2,1-3H3,(H,19,20). The molecule has 0 aliphatic heterocycles. The highest BCUT2D eigenvalue weighted by Gasteiger charge is 2.28. The second-order valence-corrected chi connectivity index (χ2v) is 8.60. The van der Waals surface area contributed by atoms with Crippen molar-refractivity contribution in [2.75, 3.05) is 24.8 Å². The van der Waals surface area contributed by atoms with Crippen molar-refractivity contribution >= 4 is 44.0 Å². The van der Waals surface area contributed by atoms with E-state index in [-0.39, 0.29) is 32.5 Å². The molecule has 8 nitrogen and oxygen atoms in total. The summed E-state index contributed by atoms with van der Waals surface area (Å²) in [7, 11) is -2.67. The monoisotopic (exact) mass is 425 g/mol. The maximum absolute atomic E-state index is 12.4. The zero-order valence-corrected chi connectivity index (χ0v) is 17.1. The third-order valence-corrected chi connectivity index (χ3v) is 6.49. The summed E-state index contributed by atoms with van der Waals surface area (Å²) < 4.78 is 34.4. The molecule has 1 aromatic carbocycles. The SMILES string of the molecule is CCOC(=O)c1c(NC(=O)CS(=O)(=O)c2ccccc2)sc(C(=O)OC)c1C. The van der Waals surface area contributed by atoms with Crippen molar-refractivity contribution in [3.8, 4) is 0 Å². The van der Waals surface area contributed by atoms with E-state index >= 15 is 0 Å². The number of carbonyl (C=O) groups excluding carboxylic acids is 3.